The number of benzene rings is 3. The number of rotatable bonds is 4. The molecule has 154 valence electrons. The van der Waals surface area contributed by atoms with Crippen molar-refractivity contribution in [1.82, 2.24) is 9.80 Å². The highest BCUT2D eigenvalue weighted by molar-refractivity contribution is 6.35. The maximum absolute atomic E-state index is 13.6. The molecule has 0 aromatic heterocycles. The van der Waals surface area contributed by atoms with E-state index < -0.39 is 0 Å². The van der Waals surface area contributed by atoms with E-state index in [-0.39, 0.29) is 18.4 Å². The minimum atomic E-state index is -0.273. The summed E-state index contributed by atoms with van der Waals surface area (Å²) in [6.07, 6.45) is 0.841. The number of halogens is 1. The summed E-state index contributed by atoms with van der Waals surface area (Å²) in [7, 11) is 0. The standard InChI is InChI=1S/C26H21ClN2O2/c27-22-13-7-6-12-21(22)17-29-25(30)23(19-9-2-1-3-10-19)24(26(29)31)28-15-14-18-8-4-5-11-20(18)16-28/h1-13H,14-17H2. The fraction of sp³-hybridized carbons (Fsp3) is 0.154. The van der Waals surface area contributed by atoms with Gasteiger partial charge in [-0.2, -0.15) is 0 Å². The second kappa shape index (κ2) is 8.05. The fourth-order valence-corrected chi connectivity index (χ4v) is 4.54. The van der Waals surface area contributed by atoms with Crippen molar-refractivity contribution in [3.63, 3.8) is 0 Å². The van der Waals surface area contributed by atoms with Crippen LogP contribution in [-0.2, 0) is 29.1 Å². The highest BCUT2D eigenvalue weighted by Crippen LogP contribution is 2.35. The number of nitrogens with zero attached hydrogens (tertiary/aromatic N) is 2. The van der Waals surface area contributed by atoms with Crippen LogP contribution in [0.15, 0.2) is 84.6 Å². The van der Waals surface area contributed by atoms with Crippen molar-refractivity contribution >= 4 is 29.0 Å². The van der Waals surface area contributed by atoms with Crippen LogP contribution in [0.1, 0.15) is 22.3 Å². The predicted octanol–water partition coefficient (Wildman–Crippen LogP) is 4.68. The number of amides is 2. The Balaban J connectivity index is 1.55. The van der Waals surface area contributed by atoms with Crippen molar-refractivity contribution in [1.29, 1.82) is 0 Å². The summed E-state index contributed by atoms with van der Waals surface area (Å²) in [6, 6.07) is 25.1. The molecule has 5 rings (SSSR count). The van der Waals surface area contributed by atoms with Gasteiger partial charge in [-0.1, -0.05) is 84.4 Å². The van der Waals surface area contributed by atoms with Gasteiger partial charge in [-0.15, -0.1) is 0 Å². The van der Waals surface area contributed by atoms with Gasteiger partial charge in [-0.3, -0.25) is 14.5 Å². The van der Waals surface area contributed by atoms with Gasteiger partial charge in [-0.05, 0) is 34.7 Å². The van der Waals surface area contributed by atoms with Gasteiger partial charge in [0.2, 0.25) is 0 Å². The Labute approximate surface area is 186 Å². The lowest BCUT2D eigenvalue weighted by Gasteiger charge is -2.31. The lowest BCUT2D eigenvalue weighted by atomic mass is 9.98. The lowest BCUT2D eigenvalue weighted by molar-refractivity contribution is -0.138. The molecule has 2 heterocycles. The zero-order valence-corrected chi connectivity index (χ0v) is 17.7. The summed E-state index contributed by atoms with van der Waals surface area (Å²) in [5.74, 6) is -0.534. The zero-order chi connectivity index (χ0) is 21.4. The van der Waals surface area contributed by atoms with E-state index in [4.69, 9.17) is 11.6 Å². The highest BCUT2D eigenvalue weighted by Gasteiger charge is 2.42. The zero-order valence-electron chi connectivity index (χ0n) is 16.9. The number of hydrogen-bond acceptors (Lipinski definition) is 3. The van der Waals surface area contributed by atoms with Gasteiger partial charge in [0.15, 0.2) is 0 Å². The molecule has 4 nitrogen and oxygen atoms in total. The maximum atomic E-state index is 13.6. The van der Waals surface area contributed by atoms with Crippen LogP contribution in [0.2, 0.25) is 5.02 Å². The van der Waals surface area contributed by atoms with Gasteiger partial charge in [0.25, 0.3) is 11.8 Å². The maximum Gasteiger partial charge on any atom is 0.278 e. The lowest BCUT2D eigenvalue weighted by Crippen LogP contribution is -2.37. The van der Waals surface area contributed by atoms with Crippen molar-refractivity contribution in [2.24, 2.45) is 0 Å². The average molecular weight is 429 g/mol. The molecule has 31 heavy (non-hydrogen) atoms. The monoisotopic (exact) mass is 428 g/mol. The Morgan fingerprint density at radius 2 is 1.45 bits per heavy atom. The molecule has 0 bridgehead atoms. The summed E-state index contributed by atoms with van der Waals surface area (Å²) in [4.78, 5) is 30.5. The summed E-state index contributed by atoms with van der Waals surface area (Å²) >= 11 is 6.32. The summed E-state index contributed by atoms with van der Waals surface area (Å²) in [5.41, 5.74) is 4.96. The Bertz CT molecular complexity index is 1200. The molecule has 0 atom stereocenters. The number of fused-ring (bicyclic) bond motifs is 1. The molecular weight excluding hydrogens is 408 g/mol. The van der Waals surface area contributed by atoms with Crippen molar-refractivity contribution in [3.8, 4) is 0 Å². The Hall–Kier alpha value is -3.37. The molecule has 0 radical (unpaired) electrons. The third kappa shape index (κ3) is 3.53. The van der Waals surface area contributed by atoms with E-state index in [1.165, 1.54) is 16.0 Å². The van der Waals surface area contributed by atoms with Gasteiger partial charge < -0.3 is 4.90 Å². The van der Waals surface area contributed by atoms with Crippen LogP contribution in [-0.4, -0.2) is 28.2 Å². The SMILES string of the molecule is O=C1C(c2ccccc2)=C(N2CCc3ccccc3C2)C(=O)N1Cc1ccccc1Cl. The van der Waals surface area contributed by atoms with E-state index in [1.54, 1.807) is 6.07 Å². The largest absolute Gasteiger partial charge is 0.362 e. The molecule has 2 amide bonds. The highest BCUT2D eigenvalue weighted by atomic mass is 35.5. The Morgan fingerprint density at radius 1 is 0.774 bits per heavy atom. The molecule has 0 N–H and O–H groups in total. The average Bonchev–Trinajstić information content (AvgIpc) is 3.05. The van der Waals surface area contributed by atoms with E-state index in [0.29, 0.717) is 29.4 Å². The van der Waals surface area contributed by atoms with Gasteiger partial charge in [-0.25, -0.2) is 0 Å². The van der Waals surface area contributed by atoms with Crippen molar-refractivity contribution in [2.75, 3.05) is 6.54 Å². The quantitative estimate of drug-likeness (QED) is 0.566. The first-order valence-corrected chi connectivity index (χ1v) is 10.7. The van der Waals surface area contributed by atoms with Crippen LogP contribution in [0.4, 0.5) is 0 Å². The number of carbonyl (C=O) groups is 2. The molecule has 0 fully saturated rings. The second-order valence-electron chi connectivity index (χ2n) is 7.82. The van der Waals surface area contributed by atoms with Crippen LogP contribution in [0.5, 0.6) is 0 Å². The third-order valence-corrected chi connectivity index (χ3v) is 6.31. The molecule has 2 aliphatic heterocycles. The molecule has 3 aromatic carbocycles. The third-order valence-electron chi connectivity index (χ3n) is 5.94. The van der Waals surface area contributed by atoms with Gasteiger partial charge in [0, 0.05) is 18.1 Å². The van der Waals surface area contributed by atoms with E-state index in [2.05, 4.69) is 17.0 Å². The van der Waals surface area contributed by atoms with Crippen LogP contribution in [0, 0.1) is 0 Å². The summed E-state index contributed by atoms with van der Waals surface area (Å²) in [6.45, 7) is 1.46. The van der Waals surface area contributed by atoms with Crippen LogP contribution >= 0.6 is 11.6 Å². The molecular formula is C26H21ClN2O2. The Morgan fingerprint density at radius 3 is 2.23 bits per heavy atom. The van der Waals surface area contributed by atoms with Crippen molar-refractivity contribution < 1.29 is 9.59 Å². The summed E-state index contributed by atoms with van der Waals surface area (Å²) in [5, 5.41) is 0.546. The first-order valence-electron chi connectivity index (χ1n) is 10.3. The molecule has 0 saturated heterocycles. The smallest absolute Gasteiger partial charge is 0.278 e. The number of imide groups is 1. The van der Waals surface area contributed by atoms with Gasteiger partial charge >= 0.3 is 0 Å². The first kappa shape index (κ1) is 19.6. The first-order chi connectivity index (χ1) is 15.1. The number of carbonyl (C=O) groups excluding carboxylic acids is 2. The van der Waals surface area contributed by atoms with Gasteiger partial charge in [0.1, 0.15) is 5.70 Å². The molecule has 0 unspecified atom stereocenters. The minimum absolute atomic E-state index is 0.154. The van der Waals surface area contributed by atoms with E-state index in [1.807, 2.05) is 60.7 Å². The molecule has 0 aliphatic carbocycles. The Kier molecular flexibility index (Phi) is 5.08. The minimum Gasteiger partial charge on any atom is -0.362 e. The van der Waals surface area contributed by atoms with Gasteiger partial charge in [0.05, 0.1) is 12.1 Å². The summed E-state index contributed by atoms with van der Waals surface area (Å²) < 4.78 is 0. The number of hydrogen-bond donors (Lipinski definition) is 0. The topological polar surface area (TPSA) is 40.6 Å². The molecule has 0 spiro atoms. The molecule has 3 aromatic rings. The molecule has 5 heteroatoms. The van der Waals surface area contributed by atoms with Crippen LogP contribution in [0.3, 0.4) is 0 Å². The normalized spacial score (nSPS) is 16.2. The van der Waals surface area contributed by atoms with E-state index in [0.717, 1.165) is 17.5 Å². The van der Waals surface area contributed by atoms with E-state index >= 15 is 0 Å². The fourth-order valence-electron chi connectivity index (χ4n) is 4.35. The van der Waals surface area contributed by atoms with Crippen molar-refractivity contribution in [2.45, 2.75) is 19.5 Å². The molecule has 2 aliphatic rings. The predicted molar refractivity (Wildman–Crippen MR) is 121 cm³/mol. The van der Waals surface area contributed by atoms with Crippen LogP contribution < -0.4 is 0 Å². The van der Waals surface area contributed by atoms with Crippen molar-refractivity contribution in [3.05, 3.63) is 112 Å². The van der Waals surface area contributed by atoms with E-state index in [9.17, 15) is 9.59 Å². The van der Waals surface area contributed by atoms with Crippen LogP contribution in [0.25, 0.3) is 5.57 Å². The second-order valence-corrected chi connectivity index (χ2v) is 8.22. The molecule has 0 saturated carbocycles.